The minimum absolute atomic E-state index is 0.0262. The lowest BCUT2D eigenvalue weighted by Gasteiger charge is -2.47. The number of benzene rings is 2. The molecule has 156 valence electrons. The van der Waals surface area contributed by atoms with E-state index in [-0.39, 0.29) is 17.0 Å². The highest BCUT2D eigenvalue weighted by Gasteiger charge is 2.44. The van der Waals surface area contributed by atoms with Crippen LogP contribution in [-0.4, -0.2) is 30.2 Å². The third-order valence-corrected chi connectivity index (χ3v) is 7.33. The Balaban J connectivity index is 1.49. The number of nitrogens with zero attached hydrogens (tertiary/aromatic N) is 2. The molecule has 3 nitrogen and oxygen atoms in total. The fraction of sp³-hybridized carbons (Fsp3) is 0.333. The van der Waals surface area contributed by atoms with Gasteiger partial charge < -0.3 is 0 Å². The van der Waals surface area contributed by atoms with Gasteiger partial charge in [0.15, 0.2) is 0 Å². The maximum absolute atomic E-state index is 13.5. The van der Waals surface area contributed by atoms with E-state index < -0.39 is 0 Å². The third-order valence-electron chi connectivity index (χ3n) is 6.51. The molecule has 0 bridgehead atoms. The average Bonchev–Trinajstić information content (AvgIpc) is 3.16. The summed E-state index contributed by atoms with van der Waals surface area (Å²) in [4.78, 5) is 0. The normalized spacial score (nSPS) is 24.0. The second-order valence-electron chi connectivity index (χ2n) is 8.36. The summed E-state index contributed by atoms with van der Waals surface area (Å²) < 4.78 is 29.3. The van der Waals surface area contributed by atoms with Gasteiger partial charge in [-0.05, 0) is 79.1 Å². The van der Waals surface area contributed by atoms with E-state index in [4.69, 9.17) is 0 Å². The van der Waals surface area contributed by atoms with Gasteiger partial charge in [-0.25, -0.2) is 18.5 Å². The number of halogens is 2. The highest BCUT2D eigenvalue weighted by molar-refractivity contribution is 7.96. The summed E-state index contributed by atoms with van der Waals surface area (Å²) in [5.74, 6) is -0.415. The summed E-state index contributed by atoms with van der Waals surface area (Å²) in [6.45, 7) is 2.82. The number of anilines is 1. The smallest absolute Gasteiger partial charge is 0.123 e. The number of hydrogen-bond acceptors (Lipinski definition) is 4. The number of allylic oxidation sites excluding steroid dienone is 1. The van der Waals surface area contributed by atoms with Gasteiger partial charge >= 0.3 is 0 Å². The molecule has 30 heavy (non-hydrogen) atoms. The summed E-state index contributed by atoms with van der Waals surface area (Å²) in [7, 11) is 0. The molecule has 1 unspecified atom stereocenters. The highest BCUT2D eigenvalue weighted by Crippen LogP contribution is 2.49. The zero-order chi connectivity index (χ0) is 20.7. The van der Waals surface area contributed by atoms with E-state index in [9.17, 15) is 8.78 Å². The molecule has 2 aromatic rings. The van der Waals surface area contributed by atoms with Crippen molar-refractivity contribution >= 4 is 17.6 Å². The highest BCUT2D eigenvalue weighted by atomic mass is 32.2. The van der Waals surface area contributed by atoms with Gasteiger partial charge in [0.05, 0.1) is 11.4 Å². The molecule has 5 rings (SSSR count). The van der Waals surface area contributed by atoms with E-state index in [0.29, 0.717) is 0 Å². The van der Waals surface area contributed by atoms with E-state index in [2.05, 4.69) is 27.1 Å². The first kappa shape index (κ1) is 19.8. The number of nitrogens with one attached hydrogen (secondary N) is 1. The zero-order valence-corrected chi connectivity index (χ0v) is 17.8. The second kappa shape index (κ2) is 7.84. The Bertz CT molecular complexity index is 1000. The Hall–Kier alpha value is -2.15. The van der Waals surface area contributed by atoms with E-state index >= 15 is 0 Å². The van der Waals surface area contributed by atoms with Gasteiger partial charge in [-0.2, -0.15) is 0 Å². The summed E-state index contributed by atoms with van der Waals surface area (Å²) >= 11 is 1.81. The molecule has 2 aliphatic heterocycles. The molecule has 1 fully saturated rings. The SMILES string of the molecule is CSN1CCC2=CC3=C(CNN3c3ccc(F)cc3)CC2(Cc2ccc(F)cc2)C1. The van der Waals surface area contributed by atoms with Gasteiger partial charge in [-0.15, -0.1) is 0 Å². The first-order valence-electron chi connectivity index (χ1n) is 10.3. The van der Waals surface area contributed by atoms with Crippen molar-refractivity contribution < 1.29 is 8.78 Å². The molecule has 1 saturated heterocycles. The van der Waals surface area contributed by atoms with Gasteiger partial charge in [0, 0.05) is 25.0 Å². The molecule has 0 aromatic heterocycles. The van der Waals surface area contributed by atoms with E-state index in [1.165, 1.54) is 34.5 Å². The predicted octanol–water partition coefficient (Wildman–Crippen LogP) is 5.09. The largest absolute Gasteiger partial charge is 0.277 e. The van der Waals surface area contributed by atoms with E-state index in [1.54, 1.807) is 24.1 Å². The monoisotopic (exact) mass is 425 g/mol. The Labute approximate surface area is 180 Å². The first-order chi connectivity index (χ1) is 14.6. The van der Waals surface area contributed by atoms with Crippen molar-refractivity contribution in [3.8, 4) is 0 Å². The number of fused-ring (bicyclic) bond motifs is 1. The minimum atomic E-state index is -0.225. The van der Waals surface area contributed by atoms with Crippen molar-refractivity contribution in [1.82, 2.24) is 9.73 Å². The molecular formula is C24H25F2N3S. The van der Waals surface area contributed by atoms with Crippen molar-refractivity contribution in [2.75, 3.05) is 30.9 Å². The molecule has 2 aromatic carbocycles. The third kappa shape index (κ3) is 3.57. The summed E-state index contributed by atoms with van der Waals surface area (Å²) in [5, 5.41) is 2.09. The number of piperidine rings is 1. The molecule has 0 saturated carbocycles. The predicted molar refractivity (Wildman–Crippen MR) is 119 cm³/mol. The quantitative estimate of drug-likeness (QED) is 0.688. The second-order valence-corrected chi connectivity index (χ2v) is 9.24. The molecule has 6 heteroatoms. The van der Waals surface area contributed by atoms with Gasteiger partial charge in [-0.3, -0.25) is 5.01 Å². The van der Waals surface area contributed by atoms with Gasteiger partial charge in [0.1, 0.15) is 11.6 Å². The Morgan fingerprint density at radius 2 is 1.73 bits per heavy atom. The van der Waals surface area contributed by atoms with Crippen LogP contribution in [0.1, 0.15) is 18.4 Å². The van der Waals surface area contributed by atoms with Crippen molar-refractivity contribution in [3.05, 3.63) is 88.6 Å². The molecular weight excluding hydrogens is 400 g/mol. The van der Waals surface area contributed by atoms with Crippen LogP contribution in [0.5, 0.6) is 0 Å². The lowest BCUT2D eigenvalue weighted by molar-refractivity contribution is 0.218. The Kier molecular flexibility index (Phi) is 5.17. The standard InChI is InChI=1S/C24H25F2N3S/c1-30-28-11-10-19-12-23-18(15-27-29(23)22-8-6-21(26)7-9-22)14-24(19,16-28)13-17-2-4-20(25)5-3-17/h2-9,12,27H,10-11,13-16H2,1H3. The molecule has 0 spiro atoms. The molecule has 0 radical (unpaired) electrons. The van der Waals surface area contributed by atoms with Gasteiger partial charge in [0.2, 0.25) is 0 Å². The molecule has 1 N–H and O–H groups in total. The van der Waals surface area contributed by atoms with Crippen molar-refractivity contribution in [1.29, 1.82) is 0 Å². The van der Waals surface area contributed by atoms with E-state index in [1.807, 2.05) is 24.3 Å². The number of rotatable bonds is 4. The first-order valence-corrected chi connectivity index (χ1v) is 11.5. The Morgan fingerprint density at radius 3 is 2.43 bits per heavy atom. The van der Waals surface area contributed by atoms with Crippen LogP contribution >= 0.6 is 11.9 Å². The molecule has 1 atom stereocenters. The number of hydrogen-bond donors (Lipinski definition) is 1. The minimum Gasteiger partial charge on any atom is -0.277 e. The van der Waals surface area contributed by atoms with Crippen LogP contribution in [-0.2, 0) is 6.42 Å². The van der Waals surface area contributed by atoms with Crippen molar-refractivity contribution in [2.24, 2.45) is 5.41 Å². The zero-order valence-electron chi connectivity index (χ0n) is 17.0. The lowest BCUT2D eigenvalue weighted by atomic mass is 9.65. The molecule has 0 amide bonds. The average molecular weight is 426 g/mol. The molecule has 2 heterocycles. The van der Waals surface area contributed by atoms with Crippen molar-refractivity contribution in [2.45, 2.75) is 19.3 Å². The molecule has 1 aliphatic carbocycles. The number of hydrazine groups is 1. The summed E-state index contributed by atoms with van der Waals surface area (Å²) in [6, 6.07) is 13.6. The maximum Gasteiger partial charge on any atom is 0.123 e. The van der Waals surface area contributed by atoms with Crippen LogP contribution in [0.15, 0.2) is 71.5 Å². The fourth-order valence-corrected chi connectivity index (χ4v) is 5.68. The maximum atomic E-state index is 13.5. The van der Waals surface area contributed by atoms with Crippen LogP contribution in [0.25, 0.3) is 0 Å². The topological polar surface area (TPSA) is 18.5 Å². The van der Waals surface area contributed by atoms with Crippen LogP contribution < -0.4 is 10.4 Å². The van der Waals surface area contributed by atoms with Gasteiger partial charge in [0.25, 0.3) is 0 Å². The summed E-state index contributed by atoms with van der Waals surface area (Å²) in [6.07, 6.45) is 7.40. The van der Waals surface area contributed by atoms with Crippen molar-refractivity contribution in [3.63, 3.8) is 0 Å². The van der Waals surface area contributed by atoms with Crippen LogP contribution in [0.2, 0.25) is 0 Å². The Morgan fingerprint density at radius 1 is 1.03 bits per heavy atom. The van der Waals surface area contributed by atoms with Crippen LogP contribution in [0.3, 0.4) is 0 Å². The van der Waals surface area contributed by atoms with Gasteiger partial charge in [-0.1, -0.05) is 29.7 Å². The van der Waals surface area contributed by atoms with Crippen LogP contribution in [0, 0.1) is 17.0 Å². The lowest BCUT2D eigenvalue weighted by Crippen LogP contribution is -2.45. The fourth-order valence-electron chi connectivity index (χ4n) is 5.03. The van der Waals surface area contributed by atoms with E-state index in [0.717, 1.165) is 44.6 Å². The summed E-state index contributed by atoms with van der Waals surface area (Å²) in [5.41, 5.74) is 9.68. The van der Waals surface area contributed by atoms with Crippen LogP contribution in [0.4, 0.5) is 14.5 Å². The molecule has 3 aliphatic rings.